The molecule has 0 unspecified atom stereocenters. The number of anilines is 1. The van der Waals surface area contributed by atoms with E-state index < -0.39 is 0 Å². The minimum Gasteiger partial charge on any atom is -0.383 e. The van der Waals surface area contributed by atoms with Crippen molar-refractivity contribution in [2.24, 2.45) is 0 Å². The number of benzene rings is 2. The zero-order valence-corrected chi connectivity index (χ0v) is 17.2. The molecule has 0 atom stereocenters. The molecule has 2 rings (SSSR count). The number of para-hydroxylation sites is 1. The predicted octanol–water partition coefficient (Wildman–Crippen LogP) is 4.02. The first-order chi connectivity index (χ1) is 13.1. The van der Waals surface area contributed by atoms with Crippen LogP contribution in [-0.2, 0) is 14.3 Å². The van der Waals surface area contributed by atoms with Gasteiger partial charge in [0.2, 0.25) is 5.91 Å². The zero-order valence-electron chi connectivity index (χ0n) is 15.6. The Balaban J connectivity index is 2.00. The Bertz CT molecular complexity index is 705. The van der Waals surface area contributed by atoms with Gasteiger partial charge in [-0.2, -0.15) is 0 Å². The molecule has 0 aliphatic heterocycles. The quantitative estimate of drug-likeness (QED) is 0.608. The van der Waals surface area contributed by atoms with E-state index in [0.717, 1.165) is 15.5 Å². The third kappa shape index (κ3) is 7.91. The van der Waals surface area contributed by atoms with Gasteiger partial charge in [0.1, 0.15) is 0 Å². The van der Waals surface area contributed by atoms with Gasteiger partial charge >= 0.3 is 0 Å². The predicted molar refractivity (Wildman–Crippen MR) is 111 cm³/mol. The third-order valence-electron chi connectivity index (χ3n) is 3.79. The van der Waals surface area contributed by atoms with Crippen LogP contribution in [0.15, 0.2) is 58.3 Å². The number of rotatable bonds is 11. The summed E-state index contributed by atoms with van der Waals surface area (Å²) >= 11 is 7.53. The van der Waals surface area contributed by atoms with Crippen molar-refractivity contribution >= 4 is 35.0 Å². The molecule has 0 bridgehead atoms. The minimum atomic E-state index is -0.0636. The number of methoxy groups -OCH3 is 2. The summed E-state index contributed by atoms with van der Waals surface area (Å²) in [5.41, 5.74) is 0.792. The van der Waals surface area contributed by atoms with E-state index in [1.54, 1.807) is 26.0 Å². The Morgan fingerprint density at radius 3 is 2.30 bits per heavy atom. The number of hydrogen-bond donors (Lipinski definition) is 1. The van der Waals surface area contributed by atoms with E-state index in [1.807, 2.05) is 53.4 Å². The number of nitrogens with zero attached hydrogens (tertiary/aromatic N) is 1. The van der Waals surface area contributed by atoms with Crippen molar-refractivity contribution in [2.75, 3.05) is 52.4 Å². The molecule has 146 valence electrons. The standard InChI is InChI=1S/C20H25ClN2O3S/c1-25-13-11-23(12-14-26-2)15-20(24)22-18-5-3-4-6-19(18)27-17-9-7-16(21)8-10-17/h3-10H,11-15H2,1-2H3,(H,22,24). The van der Waals surface area contributed by atoms with E-state index in [9.17, 15) is 4.79 Å². The van der Waals surface area contributed by atoms with Gasteiger partial charge in [-0.3, -0.25) is 9.69 Å². The second-order valence-electron chi connectivity index (χ2n) is 5.86. The molecule has 0 aromatic heterocycles. The highest BCUT2D eigenvalue weighted by molar-refractivity contribution is 7.99. The maximum Gasteiger partial charge on any atom is 0.238 e. The summed E-state index contributed by atoms with van der Waals surface area (Å²) in [4.78, 5) is 16.6. The Kier molecular flexibility index (Phi) is 9.66. The van der Waals surface area contributed by atoms with Crippen molar-refractivity contribution in [3.05, 3.63) is 53.6 Å². The lowest BCUT2D eigenvalue weighted by atomic mass is 10.3. The maximum absolute atomic E-state index is 12.5. The van der Waals surface area contributed by atoms with E-state index >= 15 is 0 Å². The normalized spacial score (nSPS) is 11.0. The van der Waals surface area contributed by atoms with Crippen LogP contribution in [0.4, 0.5) is 5.69 Å². The van der Waals surface area contributed by atoms with Gasteiger partial charge in [0.15, 0.2) is 0 Å². The van der Waals surface area contributed by atoms with E-state index in [4.69, 9.17) is 21.1 Å². The molecule has 27 heavy (non-hydrogen) atoms. The number of carbonyl (C=O) groups excluding carboxylic acids is 1. The smallest absolute Gasteiger partial charge is 0.238 e. The van der Waals surface area contributed by atoms with Gasteiger partial charge in [-0.1, -0.05) is 35.5 Å². The third-order valence-corrected chi connectivity index (χ3v) is 5.13. The Morgan fingerprint density at radius 1 is 1.04 bits per heavy atom. The number of nitrogens with one attached hydrogen (secondary N) is 1. The van der Waals surface area contributed by atoms with E-state index in [0.29, 0.717) is 31.3 Å². The second kappa shape index (κ2) is 12.0. The molecular weight excluding hydrogens is 384 g/mol. The molecule has 0 fully saturated rings. The fourth-order valence-corrected chi connectivity index (χ4v) is 3.42. The molecule has 7 heteroatoms. The molecule has 1 amide bonds. The zero-order chi connectivity index (χ0) is 19.5. The Morgan fingerprint density at radius 2 is 1.67 bits per heavy atom. The molecule has 0 radical (unpaired) electrons. The average molecular weight is 409 g/mol. The summed E-state index contributed by atoms with van der Waals surface area (Å²) in [6.45, 7) is 2.77. The van der Waals surface area contributed by atoms with Crippen LogP contribution in [0, 0.1) is 0 Å². The summed E-state index contributed by atoms with van der Waals surface area (Å²) in [6.07, 6.45) is 0. The van der Waals surface area contributed by atoms with Crippen molar-refractivity contribution in [1.82, 2.24) is 4.90 Å². The lowest BCUT2D eigenvalue weighted by Gasteiger charge is -2.21. The number of ether oxygens (including phenoxy) is 2. The van der Waals surface area contributed by atoms with Crippen LogP contribution in [0.2, 0.25) is 5.02 Å². The number of halogens is 1. The SMILES string of the molecule is COCCN(CCOC)CC(=O)Nc1ccccc1Sc1ccc(Cl)cc1. The molecule has 2 aromatic carbocycles. The maximum atomic E-state index is 12.5. The first-order valence-electron chi connectivity index (χ1n) is 8.65. The highest BCUT2D eigenvalue weighted by atomic mass is 35.5. The van der Waals surface area contributed by atoms with Gasteiger partial charge in [0, 0.05) is 42.1 Å². The number of amides is 1. The van der Waals surface area contributed by atoms with Crippen LogP contribution < -0.4 is 5.32 Å². The monoisotopic (exact) mass is 408 g/mol. The Labute approximate surface area is 170 Å². The summed E-state index contributed by atoms with van der Waals surface area (Å²) in [6, 6.07) is 15.4. The molecule has 0 saturated heterocycles. The van der Waals surface area contributed by atoms with Crippen LogP contribution in [0.5, 0.6) is 0 Å². The summed E-state index contributed by atoms with van der Waals surface area (Å²) < 4.78 is 10.2. The fourth-order valence-electron chi connectivity index (χ4n) is 2.39. The van der Waals surface area contributed by atoms with E-state index in [1.165, 1.54) is 0 Å². The van der Waals surface area contributed by atoms with Crippen molar-refractivity contribution in [3.8, 4) is 0 Å². The molecule has 5 nitrogen and oxygen atoms in total. The molecule has 0 aliphatic rings. The summed E-state index contributed by atoms with van der Waals surface area (Å²) in [5, 5.41) is 3.72. The average Bonchev–Trinajstić information content (AvgIpc) is 2.67. The number of hydrogen-bond acceptors (Lipinski definition) is 5. The molecule has 1 N–H and O–H groups in total. The molecule has 0 saturated carbocycles. The molecule has 0 aliphatic carbocycles. The van der Waals surface area contributed by atoms with Crippen molar-refractivity contribution in [2.45, 2.75) is 9.79 Å². The summed E-state index contributed by atoms with van der Waals surface area (Å²) in [7, 11) is 3.30. The topological polar surface area (TPSA) is 50.8 Å². The van der Waals surface area contributed by atoms with Crippen molar-refractivity contribution in [1.29, 1.82) is 0 Å². The molecular formula is C20H25ClN2O3S. The van der Waals surface area contributed by atoms with Crippen molar-refractivity contribution in [3.63, 3.8) is 0 Å². The van der Waals surface area contributed by atoms with Gasteiger partial charge < -0.3 is 14.8 Å². The highest BCUT2D eigenvalue weighted by Gasteiger charge is 2.13. The first kappa shape index (κ1) is 21.7. The molecule has 0 spiro atoms. The summed E-state index contributed by atoms with van der Waals surface area (Å²) in [5.74, 6) is -0.0636. The van der Waals surface area contributed by atoms with Gasteiger partial charge in [-0.25, -0.2) is 0 Å². The van der Waals surface area contributed by atoms with Crippen molar-refractivity contribution < 1.29 is 14.3 Å². The van der Waals surface area contributed by atoms with Crippen LogP contribution >= 0.6 is 23.4 Å². The van der Waals surface area contributed by atoms with Gasteiger partial charge in [-0.05, 0) is 36.4 Å². The molecule has 2 aromatic rings. The lowest BCUT2D eigenvalue weighted by Crippen LogP contribution is -2.37. The fraction of sp³-hybridized carbons (Fsp3) is 0.350. The van der Waals surface area contributed by atoms with Crippen LogP contribution in [0.1, 0.15) is 0 Å². The van der Waals surface area contributed by atoms with Crippen LogP contribution in [-0.4, -0.2) is 57.9 Å². The van der Waals surface area contributed by atoms with E-state index in [-0.39, 0.29) is 12.5 Å². The van der Waals surface area contributed by atoms with Gasteiger partial charge in [-0.15, -0.1) is 0 Å². The lowest BCUT2D eigenvalue weighted by molar-refractivity contribution is -0.117. The van der Waals surface area contributed by atoms with E-state index in [2.05, 4.69) is 5.32 Å². The molecule has 0 heterocycles. The van der Waals surface area contributed by atoms with Crippen LogP contribution in [0.25, 0.3) is 0 Å². The minimum absolute atomic E-state index is 0.0636. The number of carbonyl (C=O) groups is 1. The second-order valence-corrected chi connectivity index (χ2v) is 7.41. The highest BCUT2D eigenvalue weighted by Crippen LogP contribution is 2.33. The van der Waals surface area contributed by atoms with Gasteiger partial charge in [0.05, 0.1) is 25.4 Å². The first-order valence-corrected chi connectivity index (χ1v) is 9.84. The van der Waals surface area contributed by atoms with Crippen LogP contribution in [0.3, 0.4) is 0 Å². The van der Waals surface area contributed by atoms with Gasteiger partial charge in [0.25, 0.3) is 0 Å². The largest absolute Gasteiger partial charge is 0.383 e. The Hall–Kier alpha value is -1.57.